The third-order valence-electron chi connectivity index (χ3n) is 5.05. The third kappa shape index (κ3) is 4.59. The molecule has 3 nitrogen and oxygen atoms in total. The van der Waals surface area contributed by atoms with Crippen molar-refractivity contribution >= 4 is 6.09 Å². The lowest BCUT2D eigenvalue weighted by Gasteiger charge is -2.40. The minimum atomic E-state index is -7.94. The van der Waals surface area contributed by atoms with E-state index in [0.29, 0.717) is 5.56 Å². The summed E-state index contributed by atoms with van der Waals surface area (Å²) in [5, 5.41) is 2.13. The highest BCUT2D eigenvalue weighted by molar-refractivity contribution is 5.70. The Kier molecular flexibility index (Phi) is 7.09. The normalized spacial score (nSPS) is 20.8. The van der Waals surface area contributed by atoms with E-state index in [4.69, 9.17) is 0 Å². The van der Waals surface area contributed by atoms with Gasteiger partial charge in [0.1, 0.15) is 6.10 Å². The van der Waals surface area contributed by atoms with Crippen LogP contribution in [0.4, 0.5) is 61.9 Å². The fourth-order valence-electron chi connectivity index (χ4n) is 3.09. The van der Waals surface area contributed by atoms with Crippen LogP contribution in [0.2, 0.25) is 0 Å². The molecule has 0 saturated carbocycles. The number of amides is 1. The van der Waals surface area contributed by atoms with Gasteiger partial charge in [-0.05, 0) is 18.4 Å². The molecule has 0 bridgehead atoms. The van der Waals surface area contributed by atoms with Crippen molar-refractivity contribution in [3.05, 3.63) is 35.9 Å². The minimum absolute atomic E-state index is 0.120. The number of halogens is 13. The maximum atomic E-state index is 14.0. The van der Waals surface area contributed by atoms with E-state index in [0.717, 1.165) is 0 Å². The number of rotatable bonds is 9. The molecule has 1 fully saturated rings. The first-order chi connectivity index (χ1) is 15.2. The van der Waals surface area contributed by atoms with E-state index >= 15 is 0 Å². The average Bonchev–Trinajstić information content (AvgIpc) is 3.04. The zero-order valence-corrected chi connectivity index (χ0v) is 16.4. The van der Waals surface area contributed by atoms with Gasteiger partial charge in [-0.3, -0.25) is 0 Å². The van der Waals surface area contributed by atoms with E-state index < -0.39 is 66.9 Å². The first kappa shape index (κ1) is 27.8. The van der Waals surface area contributed by atoms with Gasteiger partial charge in [0.05, 0.1) is 6.04 Å². The molecular formula is C18H14F13NO2. The van der Waals surface area contributed by atoms with Crippen molar-refractivity contribution in [2.45, 2.75) is 67.2 Å². The highest BCUT2D eigenvalue weighted by Crippen LogP contribution is 2.60. The van der Waals surface area contributed by atoms with E-state index in [1.54, 1.807) is 6.07 Å². The summed E-state index contributed by atoms with van der Waals surface area (Å²) < 4.78 is 176. The Morgan fingerprint density at radius 3 is 1.74 bits per heavy atom. The smallest absolute Gasteiger partial charge is 0.444 e. The number of hydrogen-bond acceptors (Lipinski definition) is 2. The molecule has 194 valence electrons. The van der Waals surface area contributed by atoms with Crippen LogP contribution in [0.3, 0.4) is 0 Å². The molecule has 0 spiro atoms. The molecule has 0 radical (unpaired) electrons. The summed E-state index contributed by atoms with van der Waals surface area (Å²) in [7, 11) is 0. The lowest BCUT2D eigenvalue weighted by atomic mass is 9.90. The van der Waals surface area contributed by atoms with E-state index in [1.807, 2.05) is 0 Å². The molecule has 1 aromatic carbocycles. The highest BCUT2D eigenvalue weighted by Gasteiger charge is 2.90. The predicted octanol–water partition coefficient (Wildman–Crippen LogP) is 6.23. The Morgan fingerprint density at radius 2 is 1.24 bits per heavy atom. The second-order valence-corrected chi connectivity index (χ2v) is 7.42. The number of alkyl carbamates (subject to hydrolysis) is 1. The first-order valence-corrected chi connectivity index (χ1v) is 9.16. The summed E-state index contributed by atoms with van der Waals surface area (Å²) in [6.07, 6.45) is -14.2. The SMILES string of the molecule is O=C1N[C@@H](Cc2ccccc2)[C@@H](CCC(F)(F)C(F)(F)C(F)(F)C(F)(F)C(F)(F)C(F)(F)F)O1. The maximum Gasteiger partial charge on any atom is 0.460 e. The average molecular weight is 523 g/mol. The molecule has 16 heteroatoms. The zero-order chi connectivity index (χ0) is 26.4. The fourth-order valence-corrected chi connectivity index (χ4v) is 3.09. The molecule has 2 rings (SSSR count). The van der Waals surface area contributed by atoms with Gasteiger partial charge in [-0.2, -0.15) is 57.1 Å². The van der Waals surface area contributed by atoms with Gasteiger partial charge in [0.2, 0.25) is 0 Å². The predicted molar refractivity (Wildman–Crippen MR) is 87.4 cm³/mol. The number of nitrogens with one attached hydrogen (secondary N) is 1. The van der Waals surface area contributed by atoms with Crippen molar-refractivity contribution in [1.29, 1.82) is 0 Å². The van der Waals surface area contributed by atoms with E-state index in [-0.39, 0.29) is 6.42 Å². The van der Waals surface area contributed by atoms with Gasteiger partial charge in [-0.25, -0.2) is 4.79 Å². The molecule has 1 saturated heterocycles. The Hall–Kier alpha value is -2.42. The first-order valence-electron chi connectivity index (χ1n) is 9.16. The number of carbonyl (C=O) groups is 1. The maximum absolute atomic E-state index is 14.0. The lowest BCUT2D eigenvalue weighted by Crippen LogP contribution is -2.70. The Labute approximate surface area is 182 Å². The number of cyclic esters (lactones) is 1. The largest absolute Gasteiger partial charge is 0.460 e. The molecule has 1 aliphatic heterocycles. The molecule has 2 atom stereocenters. The molecular weight excluding hydrogens is 509 g/mol. The van der Waals surface area contributed by atoms with Crippen molar-refractivity contribution < 1.29 is 66.6 Å². The van der Waals surface area contributed by atoms with Gasteiger partial charge >= 0.3 is 41.9 Å². The van der Waals surface area contributed by atoms with Crippen molar-refractivity contribution in [3.63, 3.8) is 0 Å². The monoisotopic (exact) mass is 523 g/mol. The molecule has 1 heterocycles. The van der Waals surface area contributed by atoms with Gasteiger partial charge in [0.25, 0.3) is 0 Å². The van der Waals surface area contributed by atoms with Crippen LogP contribution in [0.1, 0.15) is 18.4 Å². The third-order valence-corrected chi connectivity index (χ3v) is 5.05. The fraction of sp³-hybridized carbons (Fsp3) is 0.611. The van der Waals surface area contributed by atoms with Gasteiger partial charge in [-0.1, -0.05) is 30.3 Å². The number of ether oxygens (including phenoxy) is 1. The lowest BCUT2D eigenvalue weighted by molar-refractivity contribution is -0.440. The molecule has 1 aromatic rings. The van der Waals surface area contributed by atoms with Crippen LogP contribution in [0.15, 0.2) is 30.3 Å². The number of hydrogen-bond donors (Lipinski definition) is 1. The van der Waals surface area contributed by atoms with Crippen LogP contribution in [0, 0.1) is 0 Å². The Morgan fingerprint density at radius 1 is 0.735 bits per heavy atom. The van der Waals surface area contributed by atoms with Gasteiger partial charge in [0, 0.05) is 6.42 Å². The van der Waals surface area contributed by atoms with Gasteiger partial charge in [0.15, 0.2) is 0 Å². The standard InChI is InChI=1S/C18H14F13NO2/c19-13(20,14(21,22)15(23,24)16(25,26)17(27,28)18(29,30)31)7-6-11-10(32-12(33)34-11)8-9-4-2-1-3-5-9/h1-5,10-11H,6-8H2,(H,32,33)/t10-,11+/m0/s1. The minimum Gasteiger partial charge on any atom is -0.444 e. The summed E-state index contributed by atoms with van der Waals surface area (Å²) in [6, 6.07) is 6.52. The Bertz CT molecular complexity index is 870. The molecule has 0 unspecified atom stereocenters. The van der Waals surface area contributed by atoms with Crippen LogP contribution in [0.5, 0.6) is 0 Å². The van der Waals surface area contributed by atoms with Crippen molar-refractivity contribution in [2.75, 3.05) is 0 Å². The molecule has 34 heavy (non-hydrogen) atoms. The highest BCUT2D eigenvalue weighted by atomic mass is 19.4. The summed E-state index contributed by atoms with van der Waals surface area (Å²) in [5.41, 5.74) is 0.487. The topological polar surface area (TPSA) is 38.3 Å². The van der Waals surface area contributed by atoms with E-state index in [9.17, 15) is 61.9 Å². The van der Waals surface area contributed by atoms with E-state index in [1.165, 1.54) is 24.3 Å². The summed E-state index contributed by atoms with van der Waals surface area (Å²) >= 11 is 0. The molecule has 1 amide bonds. The van der Waals surface area contributed by atoms with Crippen molar-refractivity contribution in [2.24, 2.45) is 0 Å². The number of carbonyl (C=O) groups excluding carboxylic acids is 1. The van der Waals surface area contributed by atoms with Crippen LogP contribution in [-0.2, 0) is 11.2 Å². The number of benzene rings is 1. The van der Waals surface area contributed by atoms with Crippen LogP contribution < -0.4 is 5.32 Å². The quantitative estimate of drug-likeness (QED) is 0.390. The molecule has 0 aliphatic carbocycles. The summed E-state index contributed by atoms with van der Waals surface area (Å²) in [6.45, 7) is 0. The van der Waals surface area contributed by atoms with Crippen molar-refractivity contribution in [3.8, 4) is 0 Å². The van der Waals surface area contributed by atoms with Gasteiger partial charge < -0.3 is 10.1 Å². The van der Waals surface area contributed by atoms with Gasteiger partial charge in [-0.15, -0.1) is 0 Å². The van der Waals surface area contributed by atoms with E-state index in [2.05, 4.69) is 10.1 Å². The van der Waals surface area contributed by atoms with Crippen LogP contribution in [-0.4, -0.2) is 54.0 Å². The van der Waals surface area contributed by atoms with Crippen LogP contribution in [0.25, 0.3) is 0 Å². The number of alkyl halides is 13. The molecule has 0 aromatic heterocycles. The molecule has 1 aliphatic rings. The van der Waals surface area contributed by atoms with Crippen molar-refractivity contribution in [1.82, 2.24) is 5.32 Å². The zero-order valence-electron chi connectivity index (χ0n) is 16.4. The Balaban J connectivity index is 2.24. The van der Waals surface area contributed by atoms with Crippen LogP contribution >= 0.6 is 0 Å². The second kappa shape index (κ2) is 8.66. The second-order valence-electron chi connectivity index (χ2n) is 7.42. The summed E-state index contributed by atoms with van der Waals surface area (Å²) in [4.78, 5) is 11.4. The molecule has 1 N–H and O–H groups in total. The summed E-state index contributed by atoms with van der Waals surface area (Å²) in [5.74, 6) is -37.1.